The predicted molar refractivity (Wildman–Crippen MR) is 89.5 cm³/mol. The van der Waals surface area contributed by atoms with Gasteiger partial charge in [-0.05, 0) is 50.2 Å². The SMILES string of the molecule is Cc1ccc2c(c1)CCCN2C(=O)C1(C(N)=S)CC(C)C1. The number of thiocarbonyl (C=S) groups is 1. The fourth-order valence-electron chi connectivity index (χ4n) is 3.81. The first-order chi connectivity index (χ1) is 9.94. The minimum absolute atomic E-state index is 0.109. The largest absolute Gasteiger partial charge is 0.392 e. The van der Waals surface area contributed by atoms with E-state index >= 15 is 0 Å². The van der Waals surface area contributed by atoms with Crippen LogP contribution in [0.1, 0.15) is 37.3 Å². The molecule has 1 amide bonds. The fraction of sp³-hybridized carbons (Fsp3) is 0.529. The molecule has 112 valence electrons. The second kappa shape index (κ2) is 5.09. The Kier molecular flexibility index (Phi) is 3.52. The predicted octanol–water partition coefficient (Wildman–Crippen LogP) is 2.98. The summed E-state index contributed by atoms with van der Waals surface area (Å²) in [4.78, 5) is 15.4. The van der Waals surface area contributed by atoms with Crippen molar-refractivity contribution in [1.29, 1.82) is 0 Å². The van der Waals surface area contributed by atoms with Gasteiger partial charge in [0.15, 0.2) is 0 Å². The van der Waals surface area contributed by atoms with Gasteiger partial charge in [0.25, 0.3) is 0 Å². The number of anilines is 1. The Labute approximate surface area is 131 Å². The second-order valence-corrected chi connectivity index (χ2v) is 7.09. The molecule has 1 aliphatic heterocycles. The zero-order valence-electron chi connectivity index (χ0n) is 12.7. The summed E-state index contributed by atoms with van der Waals surface area (Å²) in [6.45, 7) is 5.01. The molecule has 0 unspecified atom stereocenters. The molecular formula is C17H22N2OS. The van der Waals surface area contributed by atoms with Crippen LogP contribution in [0.3, 0.4) is 0 Å². The lowest BCUT2D eigenvalue weighted by Gasteiger charge is -2.47. The summed E-state index contributed by atoms with van der Waals surface area (Å²) >= 11 is 5.23. The first kappa shape index (κ1) is 14.5. The van der Waals surface area contributed by atoms with Crippen LogP contribution in [-0.4, -0.2) is 17.4 Å². The maximum Gasteiger partial charge on any atom is 0.240 e. The fourth-order valence-corrected chi connectivity index (χ4v) is 4.06. The number of nitrogens with zero attached hydrogens (tertiary/aromatic N) is 1. The Morgan fingerprint density at radius 1 is 1.43 bits per heavy atom. The van der Waals surface area contributed by atoms with Gasteiger partial charge < -0.3 is 10.6 Å². The summed E-state index contributed by atoms with van der Waals surface area (Å²) in [5.41, 5.74) is 8.88. The summed E-state index contributed by atoms with van der Waals surface area (Å²) in [6, 6.07) is 6.32. The molecule has 1 heterocycles. The molecule has 3 nitrogen and oxygen atoms in total. The van der Waals surface area contributed by atoms with Crippen LogP contribution in [0.25, 0.3) is 0 Å². The number of nitrogens with two attached hydrogens (primary N) is 1. The highest BCUT2D eigenvalue weighted by molar-refractivity contribution is 7.80. The third-order valence-corrected chi connectivity index (χ3v) is 5.26. The quantitative estimate of drug-likeness (QED) is 0.854. The van der Waals surface area contributed by atoms with Crippen LogP contribution < -0.4 is 10.6 Å². The first-order valence-electron chi connectivity index (χ1n) is 7.65. The van der Waals surface area contributed by atoms with E-state index in [1.54, 1.807) is 0 Å². The molecule has 1 aromatic rings. The van der Waals surface area contributed by atoms with Gasteiger partial charge in [0.1, 0.15) is 0 Å². The molecule has 1 fully saturated rings. The third kappa shape index (κ3) is 2.26. The molecule has 1 aromatic carbocycles. The number of hydrogen-bond acceptors (Lipinski definition) is 2. The van der Waals surface area contributed by atoms with Gasteiger partial charge in [-0.25, -0.2) is 0 Å². The summed E-state index contributed by atoms with van der Waals surface area (Å²) in [5.74, 6) is 0.635. The standard InChI is InChI=1S/C17H22N2OS/c1-11-5-6-14-13(8-11)4-3-7-19(14)16(20)17(15(18)21)9-12(2)10-17/h5-6,8,12H,3-4,7,9-10H2,1-2H3,(H2,18,21). The van der Waals surface area contributed by atoms with Gasteiger partial charge in [-0.2, -0.15) is 0 Å². The molecule has 0 aromatic heterocycles. The third-order valence-electron chi connectivity index (χ3n) is 4.87. The Balaban J connectivity index is 1.95. The molecule has 1 aliphatic carbocycles. The Morgan fingerprint density at radius 3 is 2.76 bits per heavy atom. The van der Waals surface area contributed by atoms with Crippen molar-refractivity contribution in [3.63, 3.8) is 0 Å². The van der Waals surface area contributed by atoms with Crippen molar-refractivity contribution < 1.29 is 4.79 Å². The average molecular weight is 302 g/mol. The van der Waals surface area contributed by atoms with Gasteiger partial charge in [0.2, 0.25) is 5.91 Å². The smallest absolute Gasteiger partial charge is 0.240 e. The van der Waals surface area contributed by atoms with E-state index in [0.29, 0.717) is 10.9 Å². The normalized spacial score (nSPS) is 27.7. The monoisotopic (exact) mass is 302 g/mol. The molecule has 21 heavy (non-hydrogen) atoms. The zero-order chi connectivity index (χ0) is 15.2. The number of hydrogen-bond donors (Lipinski definition) is 1. The molecular weight excluding hydrogens is 280 g/mol. The van der Waals surface area contributed by atoms with Crippen molar-refractivity contribution in [2.45, 2.75) is 39.5 Å². The van der Waals surface area contributed by atoms with Crippen LogP contribution in [0.4, 0.5) is 5.69 Å². The Bertz CT molecular complexity index is 605. The van der Waals surface area contributed by atoms with Crippen LogP contribution in [0.5, 0.6) is 0 Å². The number of fused-ring (bicyclic) bond motifs is 1. The van der Waals surface area contributed by atoms with Crippen molar-refractivity contribution >= 4 is 28.8 Å². The number of amides is 1. The Morgan fingerprint density at radius 2 is 2.14 bits per heavy atom. The van der Waals surface area contributed by atoms with Crippen molar-refractivity contribution in [2.24, 2.45) is 17.1 Å². The molecule has 0 radical (unpaired) electrons. The van der Waals surface area contributed by atoms with E-state index < -0.39 is 5.41 Å². The number of aryl methyl sites for hydroxylation is 2. The topological polar surface area (TPSA) is 46.3 Å². The molecule has 4 heteroatoms. The number of benzene rings is 1. The van der Waals surface area contributed by atoms with Crippen LogP contribution in [0.2, 0.25) is 0 Å². The van der Waals surface area contributed by atoms with Gasteiger partial charge in [0.05, 0.1) is 10.4 Å². The van der Waals surface area contributed by atoms with Crippen LogP contribution in [0.15, 0.2) is 18.2 Å². The van der Waals surface area contributed by atoms with Gasteiger partial charge in [0, 0.05) is 12.2 Å². The van der Waals surface area contributed by atoms with Crippen LogP contribution in [-0.2, 0) is 11.2 Å². The molecule has 0 saturated heterocycles. The van der Waals surface area contributed by atoms with Gasteiger partial charge in [-0.15, -0.1) is 0 Å². The highest BCUT2D eigenvalue weighted by Gasteiger charge is 2.53. The number of carbonyl (C=O) groups excluding carboxylic acids is 1. The summed E-state index contributed by atoms with van der Waals surface area (Å²) in [7, 11) is 0. The Hall–Kier alpha value is -1.42. The van der Waals surface area contributed by atoms with E-state index in [1.165, 1.54) is 11.1 Å². The van der Waals surface area contributed by atoms with E-state index in [4.69, 9.17) is 18.0 Å². The van der Waals surface area contributed by atoms with Crippen LogP contribution in [0, 0.1) is 18.3 Å². The maximum absolute atomic E-state index is 13.1. The highest BCUT2D eigenvalue weighted by Crippen LogP contribution is 2.48. The molecule has 2 N–H and O–H groups in total. The molecule has 0 atom stereocenters. The molecule has 1 saturated carbocycles. The summed E-state index contributed by atoms with van der Waals surface area (Å²) in [5, 5.41) is 0. The second-order valence-electron chi connectivity index (χ2n) is 6.65. The van der Waals surface area contributed by atoms with Crippen LogP contribution >= 0.6 is 12.2 Å². The van der Waals surface area contributed by atoms with Gasteiger partial charge >= 0.3 is 0 Å². The van der Waals surface area contributed by atoms with Crippen molar-refractivity contribution in [2.75, 3.05) is 11.4 Å². The summed E-state index contributed by atoms with van der Waals surface area (Å²) < 4.78 is 0. The lowest BCUT2D eigenvalue weighted by molar-refractivity contribution is -0.130. The summed E-state index contributed by atoms with van der Waals surface area (Å²) in [6.07, 6.45) is 3.63. The van der Waals surface area contributed by atoms with E-state index in [2.05, 4.69) is 32.0 Å². The van der Waals surface area contributed by atoms with Crippen molar-refractivity contribution in [3.05, 3.63) is 29.3 Å². The number of rotatable bonds is 2. The number of carbonyl (C=O) groups is 1. The van der Waals surface area contributed by atoms with E-state index in [9.17, 15) is 4.79 Å². The minimum Gasteiger partial charge on any atom is -0.392 e. The molecule has 2 aliphatic rings. The minimum atomic E-state index is -0.603. The van der Waals surface area contributed by atoms with Crippen molar-refractivity contribution in [1.82, 2.24) is 0 Å². The lowest BCUT2D eigenvalue weighted by atomic mass is 9.61. The molecule has 0 bridgehead atoms. The average Bonchev–Trinajstić information content (AvgIpc) is 2.41. The lowest BCUT2D eigenvalue weighted by Crippen LogP contribution is -2.58. The van der Waals surface area contributed by atoms with E-state index in [1.807, 2.05) is 4.90 Å². The first-order valence-corrected chi connectivity index (χ1v) is 8.06. The van der Waals surface area contributed by atoms with Gasteiger partial charge in [-0.3, -0.25) is 4.79 Å². The highest BCUT2D eigenvalue weighted by atomic mass is 32.1. The van der Waals surface area contributed by atoms with Crippen molar-refractivity contribution in [3.8, 4) is 0 Å². The zero-order valence-corrected chi connectivity index (χ0v) is 13.5. The molecule has 3 rings (SSSR count). The maximum atomic E-state index is 13.1. The van der Waals surface area contributed by atoms with E-state index in [0.717, 1.165) is 37.9 Å². The molecule has 0 spiro atoms. The van der Waals surface area contributed by atoms with E-state index in [-0.39, 0.29) is 5.91 Å². The van der Waals surface area contributed by atoms with Gasteiger partial charge in [-0.1, -0.05) is 36.8 Å².